The highest BCUT2D eigenvalue weighted by Gasteiger charge is 2.36. The molecule has 6 heteroatoms. The van der Waals surface area contributed by atoms with Crippen molar-refractivity contribution in [3.63, 3.8) is 0 Å². The molecule has 2 aliphatic heterocycles. The van der Waals surface area contributed by atoms with E-state index < -0.39 is 5.82 Å². The second-order valence-electron chi connectivity index (χ2n) is 6.90. The smallest absolute Gasteiger partial charge is 0.255 e. The van der Waals surface area contributed by atoms with E-state index in [-0.39, 0.29) is 29.4 Å². The molecule has 0 saturated carbocycles. The Morgan fingerprint density at radius 3 is 2.58 bits per heavy atom. The van der Waals surface area contributed by atoms with E-state index in [1.165, 1.54) is 37.5 Å². The molecule has 2 saturated heterocycles. The average molecular weight is 355 g/mol. The molecule has 2 heterocycles. The normalized spacial score (nSPS) is 25.2. The highest BCUT2D eigenvalue weighted by Crippen LogP contribution is 2.28. The maximum absolute atomic E-state index is 13.2. The number of carbonyl (C=O) groups is 1. The van der Waals surface area contributed by atoms with Gasteiger partial charge in [-0.1, -0.05) is 18.0 Å². The summed E-state index contributed by atoms with van der Waals surface area (Å²) in [5, 5.41) is 9.83. The molecule has 1 aromatic rings. The summed E-state index contributed by atoms with van der Waals surface area (Å²) in [6, 6.07) is 3.86. The number of hydrogen-bond donors (Lipinski definition) is 1. The molecule has 1 N–H and O–H groups in total. The van der Waals surface area contributed by atoms with Gasteiger partial charge < -0.3 is 14.9 Å². The molecule has 2 atom stereocenters. The topological polar surface area (TPSA) is 43.8 Å². The van der Waals surface area contributed by atoms with E-state index in [9.17, 15) is 14.3 Å². The van der Waals surface area contributed by atoms with Crippen LogP contribution in [-0.2, 0) is 0 Å². The quantitative estimate of drug-likeness (QED) is 0.904. The summed E-state index contributed by atoms with van der Waals surface area (Å²) in [6.07, 6.45) is 3.74. The van der Waals surface area contributed by atoms with Gasteiger partial charge in [-0.2, -0.15) is 0 Å². The van der Waals surface area contributed by atoms with E-state index in [2.05, 4.69) is 4.90 Å². The fraction of sp³-hybridized carbons (Fsp3) is 0.611. The van der Waals surface area contributed by atoms with Crippen LogP contribution < -0.4 is 0 Å². The molecule has 0 radical (unpaired) electrons. The Labute approximate surface area is 147 Å². The van der Waals surface area contributed by atoms with Crippen LogP contribution in [0.25, 0.3) is 0 Å². The lowest BCUT2D eigenvalue weighted by molar-refractivity contribution is 0.0778. The predicted octanol–water partition coefficient (Wildman–Crippen LogP) is 2.65. The molecule has 0 bridgehead atoms. The van der Waals surface area contributed by atoms with Crippen LogP contribution in [0.1, 0.15) is 29.6 Å². The third-order valence-electron chi connectivity index (χ3n) is 5.20. The van der Waals surface area contributed by atoms with Gasteiger partial charge in [0, 0.05) is 32.2 Å². The number of amides is 1. The Bertz CT molecular complexity index is 592. The van der Waals surface area contributed by atoms with Gasteiger partial charge in [-0.15, -0.1) is 0 Å². The van der Waals surface area contributed by atoms with Gasteiger partial charge in [0.05, 0.1) is 10.6 Å². The molecule has 0 aromatic heterocycles. The van der Waals surface area contributed by atoms with Crippen molar-refractivity contribution in [3.8, 4) is 0 Å². The predicted molar refractivity (Wildman–Crippen MR) is 91.7 cm³/mol. The van der Waals surface area contributed by atoms with Crippen LogP contribution in [0.5, 0.6) is 0 Å². The zero-order valence-corrected chi connectivity index (χ0v) is 14.5. The zero-order chi connectivity index (χ0) is 17.1. The number of likely N-dealkylation sites (tertiary alicyclic amines) is 2. The molecule has 0 spiro atoms. The van der Waals surface area contributed by atoms with Crippen molar-refractivity contribution in [1.29, 1.82) is 0 Å². The van der Waals surface area contributed by atoms with E-state index in [0.29, 0.717) is 18.7 Å². The molecule has 3 rings (SSSR count). The highest BCUT2D eigenvalue weighted by molar-refractivity contribution is 6.33. The van der Waals surface area contributed by atoms with Crippen LogP contribution in [0.4, 0.5) is 4.39 Å². The molecular weight excluding hydrogens is 331 g/mol. The largest absolute Gasteiger partial charge is 0.396 e. The maximum atomic E-state index is 13.2. The number of hydrogen-bond acceptors (Lipinski definition) is 3. The van der Waals surface area contributed by atoms with E-state index in [1.54, 1.807) is 4.90 Å². The standard InChI is InChI=1S/C18H24ClFN2O2/c19-17-8-15(20)4-5-16(17)18(24)22-10-13(14(11-22)12-23)9-21-6-2-1-3-7-21/h4-5,8,13-14,23H,1-3,6-7,9-12H2/t13-,14-/m1/s1. The summed E-state index contributed by atoms with van der Waals surface area (Å²) in [7, 11) is 0. The first kappa shape index (κ1) is 17.6. The number of piperidine rings is 1. The van der Waals surface area contributed by atoms with Crippen molar-refractivity contribution in [2.45, 2.75) is 19.3 Å². The average Bonchev–Trinajstić information content (AvgIpc) is 2.98. The van der Waals surface area contributed by atoms with Gasteiger partial charge in [0.15, 0.2) is 0 Å². The van der Waals surface area contributed by atoms with Gasteiger partial charge in [-0.3, -0.25) is 4.79 Å². The summed E-state index contributed by atoms with van der Waals surface area (Å²) in [5.41, 5.74) is 0.327. The summed E-state index contributed by atoms with van der Waals surface area (Å²) >= 11 is 6.02. The Hall–Kier alpha value is -1.17. The molecule has 132 valence electrons. The van der Waals surface area contributed by atoms with E-state index in [4.69, 9.17) is 11.6 Å². The first-order chi connectivity index (χ1) is 11.6. The number of benzene rings is 1. The molecule has 2 aliphatic rings. The molecule has 1 amide bonds. The number of rotatable bonds is 4. The SMILES string of the molecule is O=C(c1ccc(F)cc1Cl)N1C[C@@H](CN2CCCCC2)[C@@H](CO)C1. The summed E-state index contributed by atoms with van der Waals surface area (Å²) in [4.78, 5) is 16.9. The minimum Gasteiger partial charge on any atom is -0.396 e. The van der Waals surface area contributed by atoms with Crippen LogP contribution in [0.15, 0.2) is 18.2 Å². The summed E-state index contributed by atoms with van der Waals surface area (Å²) < 4.78 is 13.2. The second kappa shape index (κ2) is 7.81. The van der Waals surface area contributed by atoms with Crippen LogP contribution >= 0.6 is 11.6 Å². The van der Waals surface area contributed by atoms with Crippen LogP contribution in [0, 0.1) is 17.7 Å². The molecule has 2 fully saturated rings. The van der Waals surface area contributed by atoms with Crippen molar-refractivity contribution in [1.82, 2.24) is 9.80 Å². The number of carbonyl (C=O) groups excluding carboxylic acids is 1. The van der Waals surface area contributed by atoms with E-state index >= 15 is 0 Å². The van der Waals surface area contributed by atoms with Crippen molar-refractivity contribution in [2.24, 2.45) is 11.8 Å². The van der Waals surface area contributed by atoms with Gasteiger partial charge in [0.1, 0.15) is 5.82 Å². The zero-order valence-electron chi connectivity index (χ0n) is 13.8. The summed E-state index contributed by atoms with van der Waals surface area (Å²) in [6.45, 7) is 4.36. The fourth-order valence-electron chi connectivity index (χ4n) is 3.83. The van der Waals surface area contributed by atoms with E-state index in [0.717, 1.165) is 19.6 Å². The Morgan fingerprint density at radius 1 is 1.21 bits per heavy atom. The van der Waals surface area contributed by atoms with Gasteiger partial charge in [-0.05, 0) is 50.0 Å². The lowest BCUT2D eigenvalue weighted by atomic mass is 9.95. The monoisotopic (exact) mass is 354 g/mol. The highest BCUT2D eigenvalue weighted by atomic mass is 35.5. The first-order valence-electron chi connectivity index (χ1n) is 8.66. The van der Waals surface area contributed by atoms with Crippen LogP contribution in [0.2, 0.25) is 5.02 Å². The van der Waals surface area contributed by atoms with Gasteiger partial charge >= 0.3 is 0 Å². The minimum absolute atomic E-state index is 0.0828. The molecule has 0 aliphatic carbocycles. The van der Waals surface area contributed by atoms with Gasteiger partial charge in [-0.25, -0.2) is 4.39 Å². The van der Waals surface area contributed by atoms with Crippen molar-refractivity contribution in [3.05, 3.63) is 34.6 Å². The van der Waals surface area contributed by atoms with Crippen LogP contribution in [-0.4, -0.2) is 60.1 Å². The number of aliphatic hydroxyl groups excluding tert-OH is 1. The minimum atomic E-state index is -0.450. The second-order valence-corrected chi connectivity index (χ2v) is 7.31. The molecule has 1 aromatic carbocycles. The van der Waals surface area contributed by atoms with Crippen molar-refractivity contribution in [2.75, 3.05) is 39.3 Å². The van der Waals surface area contributed by atoms with Crippen molar-refractivity contribution < 1.29 is 14.3 Å². The Balaban J connectivity index is 1.67. The third kappa shape index (κ3) is 3.90. The molecule has 0 unspecified atom stereocenters. The van der Waals surface area contributed by atoms with Crippen molar-refractivity contribution >= 4 is 17.5 Å². The first-order valence-corrected chi connectivity index (χ1v) is 9.04. The molecular formula is C18H24ClFN2O2. The Kier molecular flexibility index (Phi) is 5.74. The van der Waals surface area contributed by atoms with E-state index in [1.807, 2.05) is 0 Å². The number of halogens is 2. The van der Waals surface area contributed by atoms with Gasteiger partial charge in [0.2, 0.25) is 0 Å². The lowest BCUT2D eigenvalue weighted by Crippen LogP contribution is -2.37. The van der Waals surface area contributed by atoms with Crippen LogP contribution in [0.3, 0.4) is 0 Å². The summed E-state index contributed by atoms with van der Waals surface area (Å²) in [5.74, 6) is -0.264. The number of nitrogens with zero attached hydrogens (tertiary/aromatic N) is 2. The lowest BCUT2D eigenvalue weighted by Gasteiger charge is -2.30. The maximum Gasteiger partial charge on any atom is 0.255 e. The van der Waals surface area contributed by atoms with Gasteiger partial charge in [0.25, 0.3) is 5.91 Å². The number of aliphatic hydroxyl groups is 1. The molecule has 24 heavy (non-hydrogen) atoms. The molecule has 4 nitrogen and oxygen atoms in total. The Morgan fingerprint density at radius 2 is 1.92 bits per heavy atom. The fourth-order valence-corrected chi connectivity index (χ4v) is 4.07. The third-order valence-corrected chi connectivity index (χ3v) is 5.51.